The molecule has 0 radical (unpaired) electrons. The molecule has 1 rings (SSSR count). The number of anilines is 1. The monoisotopic (exact) mass is 320 g/mol. The van der Waals surface area contributed by atoms with Crippen LogP contribution in [0, 0.1) is 0 Å². The summed E-state index contributed by atoms with van der Waals surface area (Å²) in [6, 6.07) is 4.54. The van der Waals surface area contributed by atoms with E-state index in [1.54, 1.807) is 37.2 Å². The highest BCUT2D eigenvalue weighted by Gasteiger charge is 2.19. The van der Waals surface area contributed by atoms with Gasteiger partial charge < -0.3 is 10.4 Å². The lowest BCUT2D eigenvalue weighted by molar-refractivity contribution is -0.121. The van der Waals surface area contributed by atoms with Crippen molar-refractivity contribution in [2.45, 2.75) is 6.04 Å². The number of rotatable bonds is 4. The Hall–Kier alpha value is -0.620. The number of halogens is 2. The Morgan fingerprint density at radius 1 is 1.59 bits per heavy atom. The molecule has 1 aromatic rings. The topological polar surface area (TPSA) is 52.6 Å². The van der Waals surface area contributed by atoms with Crippen LogP contribution in [0.2, 0.25) is 5.02 Å². The number of carbonyl (C=O) groups is 1. The quantitative estimate of drug-likeness (QED) is 0.891. The van der Waals surface area contributed by atoms with E-state index < -0.39 is 6.04 Å². The van der Waals surface area contributed by atoms with Gasteiger partial charge in [-0.05, 0) is 48.2 Å². The number of nitrogens with one attached hydrogen (secondary N) is 1. The van der Waals surface area contributed by atoms with Crippen molar-refractivity contribution >= 4 is 39.1 Å². The van der Waals surface area contributed by atoms with Gasteiger partial charge in [-0.3, -0.25) is 9.69 Å². The molecule has 1 atom stereocenters. The standard InChI is InChI=1S/C11H14BrClN2O2/c1-15(2)10(6-16)11(17)14-7-3-4-9(13)8(12)5-7/h3-5,10,16H,6H2,1-2H3,(H,14,17)/t10-/m0/s1. The molecule has 0 aliphatic carbocycles. The second-order valence-electron chi connectivity index (χ2n) is 3.78. The number of benzene rings is 1. The lowest BCUT2D eigenvalue weighted by Crippen LogP contribution is -2.42. The van der Waals surface area contributed by atoms with Crippen molar-refractivity contribution in [2.24, 2.45) is 0 Å². The van der Waals surface area contributed by atoms with Crippen LogP contribution in [-0.4, -0.2) is 42.7 Å². The van der Waals surface area contributed by atoms with Crippen LogP contribution >= 0.6 is 27.5 Å². The molecular weight excluding hydrogens is 307 g/mol. The molecule has 0 heterocycles. The van der Waals surface area contributed by atoms with Gasteiger partial charge in [0.1, 0.15) is 6.04 Å². The number of hydrogen-bond acceptors (Lipinski definition) is 3. The van der Waals surface area contributed by atoms with Crippen LogP contribution in [0.15, 0.2) is 22.7 Å². The number of hydrogen-bond donors (Lipinski definition) is 2. The molecule has 4 nitrogen and oxygen atoms in total. The second kappa shape index (κ2) is 6.35. The van der Waals surface area contributed by atoms with Crippen LogP contribution in [0.5, 0.6) is 0 Å². The number of likely N-dealkylation sites (N-methyl/N-ethyl adjacent to an activating group) is 1. The third kappa shape index (κ3) is 3.96. The van der Waals surface area contributed by atoms with Crippen LogP contribution in [-0.2, 0) is 4.79 Å². The molecule has 0 saturated heterocycles. The SMILES string of the molecule is CN(C)[C@@H](CO)C(=O)Nc1ccc(Cl)c(Br)c1. The van der Waals surface area contributed by atoms with Crippen molar-refractivity contribution in [1.82, 2.24) is 4.90 Å². The molecule has 0 aliphatic rings. The van der Waals surface area contributed by atoms with Crippen LogP contribution in [0.1, 0.15) is 0 Å². The first kappa shape index (κ1) is 14.4. The number of aliphatic hydroxyl groups is 1. The summed E-state index contributed by atoms with van der Waals surface area (Å²) in [5.74, 6) is -0.258. The lowest BCUT2D eigenvalue weighted by Gasteiger charge is -2.21. The van der Waals surface area contributed by atoms with E-state index in [0.29, 0.717) is 15.2 Å². The maximum absolute atomic E-state index is 11.8. The zero-order valence-electron chi connectivity index (χ0n) is 9.58. The fourth-order valence-electron chi connectivity index (χ4n) is 1.28. The molecule has 0 fully saturated rings. The predicted molar refractivity (Wildman–Crippen MR) is 72.3 cm³/mol. The van der Waals surface area contributed by atoms with E-state index in [1.165, 1.54) is 0 Å². The number of aliphatic hydroxyl groups excluding tert-OH is 1. The summed E-state index contributed by atoms with van der Waals surface area (Å²) >= 11 is 9.13. The van der Waals surface area contributed by atoms with E-state index in [-0.39, 0.29) is 12.5 Å². The Morgan fingerprint density at radius 2 is 2.24 bits per heavy atom. The predicted octanol–water partition coefficient (Wildman–Crippen LogP) is 1.96. The molecule has 0 spiro atoms. The van der Waals surface area contributed by atoms with Gasteiger partial charge in [-0.1, -0.05) is 11.6 Å². The molecule has 0 unspecified atom stereocenters. The summed E-state index contributed by atoms with van der Waals surface area (Å²) < 4.78 is 0.711. The minimum Gasteiger partial charge on any atom is -0.394 e. The molecule has 94 valence electrons. The van der Waals surface area contributed by atoms with E-state index in [4.69, 9.17) is 16.7 Å². The molecular formula is C11H14BrClN2O2. The molecule has 1 amide bonds. The molecule has 0 saturated carbocycles. The minimum atomic E-state index is -0.565. The number of nitrogens with zero attached hydrogens (tertiary/aromatic N) is 1. The van der Waals surface area contributed by atoms with Gasteiger partial charge in [0.05, 0.1) is 11.6 Å². The first-order valence-electron chi connectivity index (χ1n) is 4.99. The van der Waals surface area contributed by atoms with Gasteiger partial charge in [0.15, 0.2) is 0 Å². The normalized spacial score (nSPS) is 12.6. The average Bonchev–Trinajstić information content (AvgIpc) is 2.24. The summed E-state index contributed by atoms with van der Waals surface area (Å²) in [5, 5.41) is 12.4. The highest BCUT2D eigenvalue weighted by atomic mass is 79.9. The van der Waals surface area contributed by atoms with E-state index in [2.05, 4.69) is 21.2 Å². The molecule has 0 aliphatic heterocycles. The smallest absolute Gasteiger partial charge is 0.244 e. The fraction of sp³-hybridized carbons (Fsp3) is 0.364. The maximum atomic E-state index is 11.8. The van der Waals surface area contributed by atoms with Crippen molar-refractivity contribution in [1.29, 1.82) is 0 Å². The Morgan fingerprint density at radius 3 is 2.71 bits per heavy atom. The summed E-state index contributed by atoms with van der Waals surface area (Å²) in [6.45, 7) is -0.229. The Bertz CT molecular complexity index is 412. The van der Waals surface area contributed by atoms with E-state index in [1.807, 2.05) is 0 Å². The van der Waals surface area contributed by atoms with Crippen LogP contribution in [0.4, 0.5) is 5.69 Å². The van der Waals surface area contributed by atoms with Crippen molar-refractivity contribution in [2.75, 3.05) is 26.0 Å². The largest absolute Gasteiger partial charge is 0.394 e. The third-order valence-corrected chi connectivity index (χ3v) is 3.50. The summed E-state index contributed by atoms with van der Waals surface area (Å²) in [7, 11) is 3.47. The minimum absolute atomic E-state index is 0.229. The van der Waals surface area contributed by atoms with E-state index in [9.17, 15) is 4.79 Å². The molecule has 17 heavy (non-hydrogen) atoms. The highest BCUT2D eigenvalue weighted by Crippen LogP contribution is 2.25. The number of amides is 1. The van der Waals surface area contributed by atoms with Crippen molar-refractivity contribution in [3.05, 3.63) is 27.7 Å². The van der Waals surface area contributed by atoms with Gasteiger partial charge in [-0.2, -0.15) is 0 Å². The van der Waals surface area contributed by atoms with E-state index >= 15 is 0 Å². The van der Waals surface area contributed by atoms with Crippen molar-refractivity contribution < 1.29 is 9.90 Å². The Kier molecular flexibility index (Phi) is 5.39. The van der Waals surface area contributed by atoms with Gasteiger partial charge in [-0.25, -0.2) is 0 Å². The van der Waals surface area contributed by atoms with Gasteiger partial charge in [0.2, 0.25) is 5.91 Å². The Labute approximate surface area is 114 Å². The summed E-state index contributed by atoms with van der Waals surface area (Å²) in [5.41, 5.74) is 0.631. The summed E-state index contributed by atoms with van der Waals surface area (Å²) in [4.78, 5) is 13.5. The van der Waals surface area contributed by atoms with Crippen LogP contribution in [0.3, 0.4) is 0 Å². The molecule has 1 aromatic carbocycles. The fourth-order valence-corrected chi connectivity index (χ4v) is 1.78. The van der Waals surface area contributed by atoms with Crippen molar-refractivity contribution in [3.8, 4) is 0 Å². The number of carbonyl (C=O) groups excluding carboxylic acids is 1. The van der Waals surface area contributed by atoms with Gasteiger partial charge in [0, 0.05) is 10.2 Å². The van der Waals surface area contributed by atoms with Crippen LogP contribution < -0.4 is 5.32 Å². The summed E-state index contributed by atoms with van der Waals surface area (Å²) in [6.07, 6.45) is 0. The highest BCUT2D eigenvalue weighted by molar-refractivity contribution is 9.10. The lowest BCUT2D eigenvalue weighted by atomic mass is 10.2. The van der Waals surface area contributed by atoms with Gasteiger partial charge in [0.25, 0.3) is 0 Å². The zero-order valence-corrected chi connectivity index (χ0v) is 11.9. The molecule has 2 N–H and O–H groups in total. The molecule has 0 aromatic heterocycles. The average molecular weight is 322 g/mol. The first-order valence-corrected chi connectivity index (χ1v) is 6.16. The van der Waals surface area contributed by atoms with E-state index in [0.717, 1.165) is 0 Å². The Balaban J connectivity index is 2.77. The molecule has 6 heteroatoms. The second-order valence-corrected chi connectivity index (χ2v) is 5.04. The first-order chi connectivity index (χ1) is 7.95. The van der Waals surface area contributed by atoms with Crippen LogP contribution in [0.25, 0.3) is 0 Å². The van der Waals surface area contributed by atoms with Gasteiger partial charge in [-0.15, -0.1) is 0 Å². The zero-order chi connectivity index (χ0) is 13.0. The van der Waals surface area contributed by atoms with Crippen molar-refractivity contribution in [3.63, 3.8) is 0 Å². The van der Waals surface area contributed by atoms with Gasteiger partial charge >= 0.3 is 0 Å². The third-order valence-electron chi connectivity index (χ3n) is 2.29. The molecule has 0 bridgehead atoms. The maximum Gasteiger partial charge on any atom is 0.244 e.